The Kier molecular flexibility index (Phi) is 6.63. The number of carbonyl (C=O) groups is 2. The van der Waals surface area contributed by atoms with E-state index in [1.807, 2.05) is 0 Å². The summed E-state index contributed by atoms with van der Waals surface area (Å²) < 4.78 is 27.1. The lowest BCUT2D eigenvalue weighted by Crippen LogP contribution is -2.41. The topological polar surface area (TPSA) is 83.6 Å². The maximum atomic E-state index is 12.9. The Morgan fingerprint density at radius 1 is 1.03 bits per heavy atom. The van der Waals surface area contributed by atoms with Gasteiger partial charge >= 0.3 is 0 Å². The summed E-state index contributed by atoms with van der Waals surface area (Å²) in [5.41, 5.74) is 1.17. The van der Waals surface area contributed by atoms with Gasteiger partial charge in [-0.05, 0) is 56.2 Å². The highest BCUT2D eigenvalue weighted by Crippen LogP contribution is 2.32. The molecule has 2 aromatic carbocycles. The average Bonchev–Trinajstić information content (AvgIpc) is 2.70. The van der Waals surface area contributed by atoms with Gasteiger partial charge in [0.15, 0.2) is 5.78 Å². The third-order valence-corrected chi connectivity index (χ3v) is 7.79. The van der Waals surface area contributed by atoms with Gasteiger partial charge < -0.3 is 5.32 Å². The normalized spacial score (nSPS) is 15.8. The van der Waals surface area contributed by atoms with Gasteiger partial charge in [0.1, 0.15) is 4.90 Å². The minimum Gasteiger partial charge on any atom is -0.326 e. The smallest absolute Gasteiger partial charge is 0.244 e. The number of anilines is 1. The van der Waals surface area contributed by atoms with Crippen LogP contribution in [0.3, 0.4) is 0 Å². The number of nitrogens with zero attached hydrogens (tertiary/aromatic N) is 1. The lowest BCUT2D eigenvalue weighted by molar-refractivity contribution is -0.120. The van der Waals surface area contributed by atoms with Crippen LogP contribution in [0.2, 0.25) is 10.0 Å². The van der Waals surface area contributed by atoms with Gasteiger partial charge in [0.25, 0.3) is 0 Å². The second-order valence-electron chi connectivity index (χ2n) is 6.85. The van der Waals surface area contributed by atoms with Crippen LogP contribution < -0.4 is 5.32 Å². The molecule has 0 unspecified atom stereocenters. The zero-order valence-electron chi connectivity index (χ0n) is 15.7. The summed E-state index contributed by atoms with van der Waals surface area (Å²) >= 11 is 12.0. The fourth-order valence-corrected chi connectivity index (χ4v) is 5.42. The summed E-state index contributed by atoms with van der Waals surface area (Å²) in [4.78, 5) is 23.8. The number of rotatable bonds is 5. The fraction of sp³-hybridized carbons (Fsp3) is 0.300. The highest BCUT2D eigenvalue weighted by Gasteiger charge is 2.33. The largest absolute Gasteiger partial charge is 0.326 e. The third-order valence-electron chi connectivity index (χ3n) is 4.92. The van der Waals surface area contributed by atoms with Gasteiger partial charge in [-0.1, -0.05) is 29.3 Å². The van der Waals surface area contributed by atoms with Crippen molar-refractivity contribution < 1.29 is 18.0 Å². The molecule has 2 aromatic rings. The predicted octanol–water partition coefficient (Wildman–Crippen LogP) is 4.24. The first-order valence-corrected chi connectivity index (χ1v) is 11.3. The van der Waals surface area contributed by atoms with Crippen LogP contribution in [0, 0.1) is 5.92 Å². The van der Waals surface area contributed by atoms with Gasteiger partial charge in [0, 0.05) is 30.3 Å². The molecule has 1 saturated heterocycles. The number of benzene rings is 2. The SMILES string of the molecule is CC(=O)c1ccc(NC(=O)C2CCN(S(=O)(=O)c3cccc(Cl)c3Cl)CC2)cc1. The maximum Gasteiger partial charge on any atom is 0.244 e. The summed E-state index contributed by atoms with van der Waals surface area (Å²) in [5, 5.41) is 3.00. The average molecular weight is 455 g/mol. The molecular formula is C20H20Cl2N2O4S. The Balaban J connectivity index is 1.63. The molecule has 0 atom stereocenters. The van der Waals surface area contributed by atoms with E-state index in [-0.39, 0.29) is 45.6 Å². The van der Waals surface area contributed by atoms with Crippen LogP contribution in [0.15, 0.2) is 47.4 Å². The lowest BCUT2D eigenvalue weighted by atomic mass is 9.97. The number of hydrogen-bond donors (Lipinski definition) is 1. The molecule has 154 valence electrons. The number of halogens is 2. The molecule has 1 aliphatic rings. The van der Waals surface area contributed by atoms with Crippen molar-refractivity contribution in [2.45, 2.75) is 24.7 Å². The van der Waals surface area contributed by atoms with Crippen LogP contribution in [0.5, 0.6) is 0 Å². The van der Waals surface area contributed by atoms with E-state index in [1.54, 1.807) is 30.3 Å². The second-order valence-corrected chi connectivity index (χ2v) is 9.54. The molecule has 9 heteroatoms. The molecule has 0 radical (unpaired) electrons. The van der Waals surface area contributed by atoms with Gasteiger partial charge in [-0.3, -0.25) is 9.59 Å². The molecular weight excluding hydrogens is 435 g/mol. The van der Waals surface area contributed by atoms with E-state index in [4.69, 9.17) is 23.2 Å². The fourth-order valence-electron chi connectivity index (χ4n) is 3.21. The van der Waals surface area contributed by atoms with Crippen molar-refractivity contribution in [2.75, 3.05) is 18.4 Å². The molecule has 6 nitrogen and oxygen atoms in total. The minimum atomic E-state index is -3.78. The molecule has 0 bridgehead atoms. The zero-order chi connectivity index (χ0) is 21.2. The molecule has 0 aromatic heterocycles. The number of carbonyl (C=O) groups excluding carboxylic acids is 2. The number of hydrogen-bond acceptors (Lipinski definition) is 4. The Labute approximate surface area is 179 Å². The highest BCUT2D eigenvalue weighted by molar-refractivity contribution is 7.89. The summed E-state index contributed by atoms with van der Waals surface area (Å²) in [6.07, 6.45) is 0.795. The molecule has 1 N–H and O–H groups in total. The number of nitrogens with one attached hydrogen (secondary N) is 1. The Morgan fingerprint density at radius 3 is 2.24 bits per heavy atom. The number of amides is 1. The van der Waals surface area contributed by atoms with Crippen molar-refractivity contribution in [3.05, 3.63) is 58.1 Å². The van der Waals surface area contributed by atoms with Crippen LogP contribution in [0.1, 0.15) is 30.1 Å². The first kappa shape index (κ1) is 21.8. The quantitative estimate of drug-likeness (QED) is 0.684. The van der Waals surface area contributed by atoms with E-state index in [9.17, 15) is 18.0 Å². The van der Waals surface area contributed by atoms with Crippen LogP contribution in [0.25, 0.3) is 0 Å². The number of ketones is 1. The molecule has 0 spiro atoms. The molecule has 0 aliphatic carbocycles. The lowest BCUT2D eigenvalue weighted by Gasteiger charge is -2.30. The molecule has 1 fully saturated rings. The second kappa shape index (κ2) is 8.83. The van der Waals surface area contributed by atoms with Gasteiger partial charge in [0.2, 0.25) is 15.9 Å². The zero-order valence-corrected chi connectivity index (χ0v) is 18.0. The number of sulfonamides is 1. The molecule has 3 rings (SSSR count). The minimum absolute atomic E-state index is 0.00282. The van der Waals surface area contributed by atoms with Crippen molar-refractivity contribution >= 4 is 50.6 Å². The Bertz CT molecular complexity index is 1030. The monoisotopic (exact) mass is 454 g/mol. The van der Waals surface area contributed by atoms with Crippen LogP contribution in [-0.2, 0) is 14.8 Å². The van der Waals surface area contributed by atoms with Crippen LogP contribution >= 0.6 is 23.2 Å². The van der Waals surface area contributed by atoms with Crippen molar-refractivity contribution in [1.29, 1.82) is 0 Å². The van der Waals surface area contributed by atoms with E-state index < -0.39 is 10.0 Å². The standard InChI is InChI=1S/C20H20Cl2N2O4S/c1-13(25)14-5-7-16(8-6-14)23-20(26)15-9-11-24(12-10-15)29(27,28)18-4-2-3-17(21)19(18)22/h2-8,15H,9-12H2,1H3,(H,23,26). The predicted molar refractivity (Wildman–Crippen MR) is 113 cm³/mol. The Hall–Kier alpha value is -1.93. The summed E-state index contributed by atoms with van der Waals surface area (Å²) in [7, 11) is -3.78. The summed E-state index contributed by atoms with van der Waals surface area (Å²) in [6, 6.07) is 11.2. The van der Waals surface area contributed by atoms with Gasteiger partial charge in [-0.2, -0.15) is 4.31 Å². The molecule has 0 saturated carbocycles. The van der Waals surface area contributed by atoms with E-state index in [1.165, 1.54) is 23.4 Å². The van der Waals surface area contributed by atoms with E-state index in [2.05, 4.69) is 5.32 Å². The van der Waals surface area contributed by atoms with Gasteiger partial charge in [-0.25, -0.2) is 8.42 Å². The van der Waals surface area contributed by atoms with Gasteiger partial charge in [-0.15, -0.1) is 0 Å². The van der Waals surface area contributed by atoms with Crippen molar-refractivity contribution in [1.82, 2.24) is 4.31 Å². The molecule has 1 aliphatic heterocycles. The highest BCUT2D eigenvalue weighted by atomic mass is 35.5. The number of piperidine rings is 1. The van der Waals surface area contributed by atoms with Crippen molar-refractivity contribution in [3.8, 4) is 0 Å². The molecule has 1 heterocycles. The maximum absolute atomic E-state index is 12.9. The van der Waals surface area contributed by atoms with Crippen LogP contribution in [0.4, 0.5) is 5.69 Å². The summed E-state index contributed by atoms with van der Waals surface area (Å²) in [5.74, 6) is -0.515. The summed E-state index contributed by atoms with van der Waals surface area (Å²) in [6.45, 7) is 1.91. The third kappa shape index (κ3) is 4.80. The number of Topliss-reactive ketones (excluding diaryl/α,β-unsaturated/α-hetero) is 1. The Morgan fingerprint density at radius 2 is 1.66 bits per heavy atom. The molecule has 29 heavy (non-hydrogen) atoms. The van der Waals surface area contributed by atoms with Crippen LogP contribution in [-0.4, -0.2) is 37.5 Å². The van der Waals surface area contributed by atoms with Crippen molar-refractivity contribution in [3.63, 3.8) is 0 Å². The first-order chi connectivity index (χ1) is 13.7. The van der Waals surface area contributed by atoms with E-state index >= 15 is 0 Å². The van der Waals surface area contributed by atoms with E-state index in [0.29, 0.717) is 24.1 Å². The first-order valence-electron chi connectivity index (χ1n) is 9.06. The van der Waals surface area contributed by atoms with Crippen molar-refractivity contribution in [2.24, 2.45) is 5.92 Å². The van der Waals surface area contributed by atoms with Gasteiger partial charge in [0.05, 0.1) is 10.0 Å². The molecule has 1 amide bonds. The van der Waals surface area contributed by atoms with E-state index in [0.717, 1.165) is 0 Å².